The monoisotopic (exact) mass is 314 g/mol. The fraction of sp³-hybridized carbons (Fsp3) is 0.294. The number of para-hydroxylation sites is 1. The van der Waals surface area contributed by atoms with E-state index < -0.39 is 0 Å². The van der Waals surface area contributed by atoms with Gasteiger partial charge >= 0.3 is 6.03 Å². The SMILES string of the molecule is COc1ncccc1NC(=O)NC[C@H](C)N(C)c1ccccc1. The van der Waals surface area contributed by atoms with Crippen LogP contribution in [0.15, 0.2) is 48.7 Å². The second kappa shape index (κ2) is 8.03. The van der Waals surface area contributed by atoms with Gasteiger partial charge in [0.05, 0.1) is 7.11 Å². The lowest BCUT2D eigenvalue weighted by atomic mass is 10.2. The molecule has 2 aromatic rings. The lowest BCUT2D eigenvalue weighted by molar-refractivity contribution is 0.251. The average molecular weight is 314 g/mol. The molecule has 0 unspecified atom stereocenters. The lowest BCUT2D eigenvalue weighted by Gasteiger charge is -2.27. The number of nitrogens with one attached hydrogen (secondary N) is 2. The van der Waals surface area contributed by atoms with Crippen LogP contribution >= 0.6 is 0 Å². The highest BCUT2D eigenvalue weighted by atomic mass is 16.5. The minimum atomic E-state index is -0.287. The molecule has 0 radical (unpaired) electrons. The molecule has 6 heteroatoms. The van der Waals surface area contributed by atoms with Gasteiger partial charge in [0.2, 0.25) is 5.88 Å². The number of benzene rings is 1. The molecule has 6 nitrogen and oxygen atoms in total. The van der Waals surface area contributed by atoms with Crippen LogP contribution in [-0.4, -0.2) is 37.8 Å². The molecule has 0 aliphatic rings. The third-order valence-corrected chi connectivity index (χ3v) is 3.60. The Hall–Kier alpha value is -2.76. The first-order chi connectivity index (χ1) is 11.1. The molecule has 1 aromatic carbocycles. The predicted molar refractivity (Wildman–Crippen MR) is 92.1 cm³/mol. The molecule has 1 heterocycles. The Kier molecular flexibility index (Phi) is 5.80. The van der Waals surface area contributed by atoms with Crippen LogP contribution in [0.5, 0.6) is 5.88 Å². The number of aromatic nitrogens is 1. The summed E-state index contributed by atoms with van der Waals surface area (Å²) in [4.78, 5) is 18.2. The van der Waals surface area contributed by atoms with Crippen molar-refractivity contribution in [1.82, 2.24) is 10.3 Å². The van der Waals surface area contributed by atoms with Crippen LogP contribution in [0.3, 0.4) is 0 Å². The fourth-order valence-electron chi connectivity index (χ4n) is 2.11. The third-order valence-electron chi connectivity index (χ3n) is 3.60. The van der Waals surface area contributed by atoms with E-state index >= 15 is 0 Å². The summed E-state index contributed by atoms with van der Waals surface area (Å²) in [5.74, 6) is 0.386. The summed E-state index contributed by atoms with van der Waals surface area (Å²) in [5.41, 5.74) is 1.65. The van der Waals surface area contributed by atoms with Crippen LogP contribution in [0.4, 0.5) is 16.2 Å². The summed E-state index contributed by atoms with van der Waals surface area (Å²) < 4.78 is 5.11. The zero-order chi connectivity index (χ0) is 16.7. The van der Waals surface area contributed by atoms with Crippen LogP contribution in [0.1, 0.15) is 6.92 Å². The van der Waals surface area contributed by atoms with E-state index in [2.05, 4.69) is 27.4 Å². The first-order valence-electron chi connectivity index (χ1n) is 7.43. The summed E-state index contributed by atoms with van der Waals surface area (Å²) >= 11 is 0. The molecule has 0 aliphatic carbocycles. The Morgan fingerprint density at radius 3 is 2.70 bits per heavy atom. The van der Waals surface area contributed by atoms with Crippen molar-refractivity contribution in [2.45, 2.75) is 13.0 Å². The van der Waals surface area contributed by atoms with Crippen molar-refractivity contribution in [3.8, 4) is 5.88 Å². The minimum Gasteiger partial charge on any atom is -0.480 e. The van der Waals surface area contributed by atoms with E-state index in [1.807, 2.05) is 37.4 Å². The van der Waals surface area contributed by atoms with Gasteiger partial charge in [0.25, 0.3) is 0 Å². The molecule has 0 fully saturated rings. The highest BCUT2D eigenvalue weighted by molar-refractivity contribution is 5.90. The standard InChI is InChI=1S/C17H22N4O2/c1-13(21(2)14-8-5-4-6-9-14)12-19-17(22)20-15-10-7-11-18-16(15)23-3/h4-11,13H,12H2,1-3H3,(H2,19,20,22)/t13-/m0/s1. The quantitative estimate of drug-likeness (QED) is 0.860. The van der Waals surface area contributed by atoms with Crippen molar-refractivity contribution in [3.63, 3.8) is 0 Å². The van der Waals surface area contributed by atoms with Crippen LogP contribution in [0.25, 0.3) is 0 Å². The Balaban J connectivity index is 1.86. The molecular weight excluding hydrogens is 292 g/mol. The second-order valence-corrected chi connectivity index (χ2v) is 5.19. The normalized spacial score (nSPS) is 11.4. The smallest absolute Gasteiger partial charge is 0.319 e. The molecule has 1 atom stereocenters. The van der Waals surface area contributed by atoms with Crippen molar-refractivity contribution in [3.05, 3.63) is 48.7 Å². The van der Waals surface area contributed by atoms with Gasteiger partial charge < -0.3 is 20.3 Å². The van der Waals surface area contributed by atoms with Gasteiger partial charge in [-0.15, -0.1) is 0 Å². The Bertz CT molecular complexity index is 634. The molecule has 0 aliphatic heterocycles. The molecule has 0 bridgehead atoms. The molecule has 0 saturated heterocycles. The zero-order valence-corrected chi connectivity index (χ0v) is 13.6. The number of amides is 2. The Morgan fingerprint density at radius 2 is 2.00 bits per heavy atom. The molecule has 23 heavy (non-hydrogen) atoms. The highest BCUT2D eigenvalue weighted by Gasteiger charge is 2.12. The average Bonchev–Trinajstić information content (AvgIpc) is 2.60. The van der Waals surface area contributed by atoms with Gasteiger partial charge in [0, 0.05) is 31.5 Å². The van der Waals surface area contributed by atoms with Gasteiger partial charge in [-0.25, -0.2) is 9.78 Å². The summed E-state index contributed by atoms with van der Waals surface area (Å²) in [6.07, 6.45) is 1.61. The number of hydrogen-bond acceptors (Lipinski definition) is 4. The number of carbonyl (C=O) groups is 1. The first kappa shape index (κ1) is 16.6. The molecule has 1 aromatic heterocycles. The van der Waals surface area contributed by atoms with Gasteiger partial charge in [-0.2, -0.15) is 0 Å². The van der Waals surface area contributed by atoms with Crippen molar-refractivity contribution in [2.75, 3.05) is 30.9 Å². The summed E-state index contributed by atoms with van der Waals surface area (Å²) in [6, 6.07) is 13.4. The van der Waals surface area contributed by atoms with Crippen molar-refractivity contribution < 1.29 is 9.53 Å². The molecule has 122 valence electrons. The molecule has 2 N–H and O–H groups in total. The largest absolute Gasteiger partial charge is 0.480 e. The second-order valence-electron chi connectivity index (χ2n) is 5.19. The number of hydrogen-bond donors (Lipinski definition) is 2. The maximum Gasteiger partial charge on any atom is 0.319 e. The summed E-state index contributed by atoms with van der Waals surface area (Å²) in [7, 11) is 3.52. The number of nitrogens with zero attached hydrogens (tertiary/aromatic N) is 2. The van der Waals surface area contributed by atoms with E-state index in [-0.39, 0.29) is 12.1 Å². The van der Waals surface area contributed by atoms with Crippen LogP contribution in [-0.2, 0) is 0 Å². The number of rotatable bonds is 6. The molecule has 2 amide bonds. The van der Waals surface area contributed by atoms with Gasteiger partial charge in [-0.05, 0) is 31.2 Å². The predicted octanol–water partition coefficient (Wildman–Crippen LogP) is 2.74. The number of anilines is 2. The van der Waals surface area contributed by atoms with Crippen LogP contribution in [0, 0.1) is 0 Å². The van der Waals surface area contributed by atoms with Crippen LogP contribution in [0.2, 0.25) is 0 Å². The summed E-state index contributed by atoms with van der Waals surface area (Å²) in [6.45, 7) is 2.57. The van der Waals surface area contributed by atoms with Crippen molar-refractivity contribution >= 4 is 17.4 Å². The maximum absolute atomic E-state index is 12.0. The Morgan fingerprint density at radius 1 is 1.26 bits per heavy atom. The molecule has 0 spiro atoms. The number of urea groups is 1. The molecular formula is C17H22N4O2. The Labute approximate surface area is 136 Å². The highest BCUT2D eigenvalue weighted by Crippen LogP contribution is 2.19. The lowest BCUT2D eigenvalue weighted by Crippen LogP contribution is -2.41. The number of likely N-dealkylation sites (N-methyl/N-ethyl adjacent to an activating group) is 1. The molecule has 0 saturated carbocycles. The minimum absolute atomic E-state index is 0.152. The number of methoxy groups -OCH3 is 1. The van der Waals surface area contributed by atoms with Crippen molar-refractivity contribution in [2.24, 2.45) is 0 Å². The van der Waals surface area contributed by atoms with E-state index in [0.29, 0.717) is 18.1 Å². The van der Waals surface area contributed by atoms with Gasteiger partial charge in [-0.3, -0.25) is 0 Å². The van der Waals surface area contributed by atoms with E-state index in [1.54, 1.807) is 18.3 Å². The number of ether oxygens (including phenoxy) is 1. The first-order valence-corrected chi connectivity index (χ1v) is 7.43. The topological polar surface area (TPSA) is 66.5 Å². The van der Waals surface area contributed by atoms with Gasteiger partial charge in [-0.1, -0.05) is 18.2 Å². The van der Waals surface area contributed by atoms with Crippen LogP contribution < -0.4 is 20.3 Å². The third kappa shape index (κ3) is 4.60. The van der Waals surface area contributed by atoms with Gasteiger partial charge in [0.1, 0.15) is 5.69 Å². The van der Waals surface area contributed by atoms with E-state index in [4.69, 9.17) is 4.74 Å². The fourth-order valence-corrected chi connectivity index (χ4v) is 2.11. The number of carbonyl (C=O) groups excluding carboxylic acids is 1. The van der Waals surface area contributed by atoms with E-state index in [0.717, 1.165) is 5.69 Å². The van der Waals surface area contributed by atoms with E-state index in [9.17, 15) is 4.79 Å². The summed E-state index contributed by atoms with van der Waals surface area (Å²) in [5, 5.41) is 5.60. The van der Waals surface area contributed by atoms with E-state index in [1.165, 1.54) is 7.11 Å². The zero-order valence-electron chi connectivity index (χ0n) is 13.6. The molecule has 2 rings (SSSR count). The number of pyridine rings is 1. The van der Waals surface area contributed by atoms with Gasteiger partial charge in [0.15, 0.2) is 0 Å². The maximum atomic E-state index is 12.0. The van der Waals surface area contributed by atoms with Crippen molar-refractivity contribution in [1.29, 1.82) is 0 Å².